The summed E-state index contributed by atoms with van der Waals surface area (Å²) in [6, 6.07) is 0. The van der Waals surface area contributed by atoms with Gasteiger partial charge in [-0.15, -0.1) is 0 Å². The molecule has 0 radical (unpaired) electrons. The van der Waals surface area contributed by atoms with Crippen molar-refractivity contribution in [2.24, 2.45) is 5.92 Å². The smallest absolute Gasteiger partial charge is 0.409 e. The van der Waals surface area contributed by atoms with Crippen molar-refractivity contribution in [2.75, 3.05) is 19.7 Å². The van der Waals surface area contributed by atoms with Crippen molar-refractivity contribution >= 4 is 6.09 Å². The molecular formula is C21H43NO2. The minimum absolute atomic E-state index is 0.144. The minimum Gasteiger partial charge on any atom is -0.449 e. The van der Waals surface area contributed by atoms with Crippen LogP contribution in [0.25, 0.3) is 0 Å². The highest BCUT2D eigenvalue weighted by atomic mass is 16.6. The van der Waals surface area contributed by atoms with Crippen LogP contribution >= 0.6 is 0 Å². The van der Waals surface area contributed by atoms with E-state index < -0.39 is 0 Å². The van der Waals surface area contributed by atoms with Gasteiger partial charge < -0.3 is 9.64 Å². The highest BCUT2D eigenvalue weighted by Gasteiger charge is 2.12. The van der Waals surface area contributed by atoms with E-state index >= 15 is 0 Å². The molecule has 0 rings (SSSR count). The first kappa shape index (κ1) is 23.3. The molecule has 0 spiro atoms. The summed E-state index contributed by atoms with van der Waals surface area (Å²) in [7, 11) is 0. The van der Waals surface area contributed by atoms with E-state index in [0.29, 0.717) is 12.5 Å². The molecule has 0 aromatic carbocycles. The van der Waals surface area contributed by atoms with E-state index in [1.165, 1.54) is 70.6 Å². The second-order valence-electron chi connectivity index (χ2n) is 7.44. The van der Waals surface area contributed by atoms with Crippen molar-refractivity contribution in [2.45, 2.75) is 105 Å². The molecule has 0 unspecified atom stereocenters. The molecule has 0 N–H and O–H groups in total. The Morgan fingerprint density at radius 3 is 1.67 bits per heavy atom. The zero-order valence-corrected chi connectivity index (χ0v) is 16.9. The fraction of sp³-hybridized carbons (Fsp3) is 0.952. The highest BCUT2D eigenvalue weighted by Crippen LogP contribution is 2.12. The third-order valence-corrected chi connectivity index (χ3v) is 4.46. The number of carbonyl (C=O) groups excluding carboxylic acids is 1. The first-order chi connectivity index (χ1) is 11.6. The number of hydrogen-bond acceptors (Lipinski definition) is 2. The van der Waals surface area contributed by atoms with Crippen LogP contribution in [0.1, 0.15) is 105 Å². The normalized spacial score (nSPS) is 11.0. The third kappa shape index (κ3) is 14.8. The summed E-state index contributed by atoms with van der Waals surface area (Å²) in [6.45, 7) is 10.5. The van der Waals surface area contributed by atoms with Gasteiger partial charge in [-0.05, 0) is 19.3 Å². The van der Waals surface area contributed by atoms with Crippen molar-refractivity contribution in [1.29, 1.82) is 0 Å². The van der Waals surface area contributed by atoms with Gasteiger partial charge in [-0.25, -0.2) is 4.79 Å². The third-order valence-electron chi connectivity index (χ3n) is 4.46. The first-order valence-corrected chi connectivity index (χ1v) is 10.5. The molecule has 0 heterocycles. The fourth-order valence-electron chi connectivity index (χ4n) is 2.85. The maximum absolute atomic E-state index is 11.9. The molecule has 0 aliphatic heterocycles. The predicted molar refractivity (Wildman–Crippen MR) is 105 cm³/mol. The lowest BCUT2D eigenvalue weighted by molar-refractivity contribution is 0.0931. The molecule has 1 amide bonds. The van der Waals surface area contributed by atoms with Crippen LogP contribution in [0.2, 0.25) is 0 Å². The molecule has 0 atom stereocenters. The lowest BCUT2D eigenvalue weighted by Crippen LogP contribution is -2.33. The quantitative estimate of drug-likeness (QED) is 0.289. The standard InChI is InChI=1S/C21H43NO2/c1-5-7-8-9-10-11-12-13-14-15-16-17-18-22(6-2)21(23)24-19-20(3)4/h20H,5-19H2,1-4H3. The Hall–Kier alpha value is -0.730. The Kier molecular flexibility index (Phi) is 16.6. The Morgan fingerprint density at radius 2 is 1.25 bits per heavy atom. The van der Waals surface area contributed by atoms with Gasteiger partial charge >= 0.3 is 6.09 Å². The Morgan fingerprint density at radius 1 is 0.792 bits per heavy atom. The van der Waals surface area contributed by atoms with Gasteiger partial charge in [0.1, 0.15) is 0 Å². The molecule has 0 fully saturated rings. The van der Waals surface area contributed by atoms with Crippen molar-refractivity contribution < 1.29 is 9.53 Å². The summed E-state index contributed by atoms with van der Waals surface area (Å²) in [4.78, 5) is 13.7. The summed E-state index contributed by atoms with van der Waals surface area (Å²) in [6.07, 6.45) is 16.0. The lowest BCUT2D eigenvalue weighted by atomic mass is 10.1. The average molecular weight is 342 g/mol. The van der Waals surface area contributed by atoms with E-state index in [0.717, 1.165) is 19.5 Å². The number of unbranched alkanes of at least 4 members (excludes halogenated alkanes) is 11. The van der Waals surface area contributed by atoms with Crippen molar-refractivity contribution in [3.05, 3.63) is 0 Å². The van der Waals surface area contributed by atoms with Gasteiger partial charge in [0, 0.05) is 13.1 Å². The van der Waals surface area contributed by atoms with Crippen LogP contribution < -0.4 is 0 Å². The van der Waals surface area contributed by atoms with Crippen LogP contribution in [-0.2, 0) is 4.74 Å². The fourth-order valence-corrected chi connectivity index (χ4v) is 2.85. The van der Waals surface area contributed by atoms with Crippen LogP contribution in [0, 0.1) is 5.92 Å². The van der Waals surface area contributed by atoms with Crippen LogP contribution in [0.15, 0.2) is 0 Å². The van der Waals surface area contributed by atoms with Gasteiger partial charge in [0.2, 0.25) is 0 Å². The Bertz CT molecular complexity index is 279. The minimum atomic E-state index is -0.144. The number of ether oxygens (including phenoxy) is 1. The average Bonchev–Trinajstić information content (AvgIpc) is 2.57. The van der Waals surface area contributed by atoms with Gasteiger partial charge in [0.25, 0.3) is 0 Å². The highest BCUT2D eigenvalue weighted by molar-refractivity contribution is 5.67. The van der Waals surface area contributed by atoms with Gasteiger partial charge in [-0.3, -0.25) is 0 Å². The second kappa shape index (κ2) is 17.1. The molecule has 24 heavy (non-hydrogen) atoms. The molecule has 0 aliphatic rings. The molecule has 0 saturated heterocycles. The van der Waals surface area contributed by atoms with E-state index in [-0.39, 0.29) is 6.09 Å². The van der Waals surface area contributed by atoms with E-state index in [1.54, 1.807) is 0 Å². The Labute approximate surface area is 151 Å². The number of rotatable bonds is 16. The number of amides is 1. The van der Waals surface area contributed by atoms with Crippen LogP contribution in [0.5, 0.6) is 0 Å². The molecule has 0 aromatic rings. The zero-order valence-electron chi connectivity index (χ0n) is 16.9. The molecule has 0 aromatic heterocycles. The van der Waals surface area contributed by atoms with Crippen LogP contribution in [0.4, 0.5) is 4.79 Å². The van der Waals surface area contributed by atoms with Crippen molar-refractivity contribution in [1.82, 2.24) is 4.90 Å². The summed E-state index contributed by atoms with van der Waals surface area (Å²) < 4.78 is 5.30. The molecule has 0 bridgehead atoms. The summed E-state index contributed by atoms with van der Waals surface area (Å²) in [5.41, 5.74) is 0. The summed E-state index contributed by atoms with van der Waals surface area (Å²) >= 11 is 0. The summed E-state index contributed by atoms with van der Waals surface area (Å²) in [5.74, 6) is 0.402. The van der Waals surface area contributed by atoms with Gasteiger partial charge in [0.15, 0.2) is 0 Å². The van der Waals surface area contributed by atoms with E-state index in [2.05, 4.69) is 20.8 Å². The van der Waals surface area contributed by atoms with Crippen molar-refractivity contribution in [3.8, 4) is 0 Å². The van der Waals surface area contributed by atoms with Gasteiger partial charge in [-0.1, -0.05) is 91.4 Å². The molecule has 0 saturated carbocycles. The van der Waals surface area contributed by atoms with E-state index in [4.69, 9.17) is 4.74 Å². The van der Waals surface area contributed by atoms with Gasteiger partial charge in [0.05, 0.1) is 6.61 Å². The number of hydrogen-bond donors (Lipinski definition) is 0. The van der Waals surface area contributed by atoms with E-state index in [1.807, 2.05) is 11.8 Å². The number of carbonyl (C=O) groups is 1. The maximum atomic E-state index is 11.9. The molecule has 3 nitrogen and oxygen atoms in total. The van der Waals surface area contributed by atoms with Crippen LogP contribution in [-0.4, -0.2) is 30.7 Å². The van der Waals surface area contributed by atoms with Gasteiger partial charge in [-0.2, -0.15) is 0 Å². The topological polar surface area (TPSA) is 29.5 Å². The van der Waals surface area contributed by atoms with Crippen LogP contribution in [0.3, 0.4) is 0 Å². The zero-order chi connectivity index (χ0) is 18.0. The second-order valence-corrected chi connectivity index (χ2v) is 7.44. The van der Waals surface area contributed by atoms with Crippen molar-refractivity contribution in [3.63, 3.8) is 0 Å². The SMILES string of the molecule is CCCCCCCCCCCCCCN(CC)C(=O)OCC(C)C. The van der Waals surface area contributed by atoms with E-state index in [9.17, 15) is 4.79 Å². The summed E-state index contributed by atoms with van der Waals surface area (Å²) in [5, 5.41) is 0. The molecule has 3 heteroatoms. The first-order valence-electron chi connectivity index (χ1n) is 10.5. The molecule has 144 valence electrons. The number of nitrogens with zero attached hydrogens (tertiary/aromatic N) is 1. The largest absolute Gasteiger partial charge is 0.449 e. The molecular weight excluding hydrogens is 298 g/mol. The predicted octanol–water partition coefficient (Wildman–Crippen LogP) is 6.80. The molecule has 0 aliphatic carbocycles. The Balaban J connectivity index is 3.42. The lowest BCUT2D eigenvalue weighted by Gasteiger charge is -2.21. The monoisotopic (exact) mass is 341 g/mol. The maximum Gasteiger partial charge on any atom is 0.409 e.